The molecule has 0 aliphatic heterocycles. The molecule has 0 saturated carbocycles. The van der Waals surface area contributed by atoms with Crippen LogP contribution < -0.4 is 4.90 Å². The lowest BCUT2D eigenvalue weighted by Crippen LogP contribution is -2.11. The second-order valence-electron chi connectivity index (χ2n) is 12.6. The zero-order chi connectivity index (χ0) is 33.7. The van der Waals surface area contributed by atoms with Crippen LogP contribution in [0.2, 0.25) is 0 Å². The van der Waals surface area contributed by atoms with Gasteiger partial charge in [0, 0.05) is 47.9 Å². The van der Waals surface area contributed by atoms with Gasteiger partial charge in [-0.25, -0.2) is 9.97 Å². The Morgan fingerprint density at radius 1 is 0.431 bits per heavy atom. The van der Waals surface area contributed by atoms with Gasteiger partial charge in [0.15, 0.2) is 5.82 Å². The van der Waals surface area contributed by atoms with Gasteiger partial charge in [-0.15, -0.1) is 11.3 Å². The third-order valence-electron chi connectivity index (χ3n) is 9.46. The highest BCUT2D eigenvalue weighted by Gasteiger charge is 2.24. The summed E-state index contributed by atoms with van der Waals surface area (Å²) in [5.41, 5.74) is 9.42. The second-order valence-corrected chi connectivity index (χ2v) is 13.7. The quantitative estimate of drug-likeness (QED) is 0.176. The number of aromatic nitrogens is 2. The molecule has 0 atom stereocenters. The molecule has 3 heterocycles. The average Bonchev–Trinajstić information content (AvgIpc) is 3.78. The van der Waals surface area contributed by atoms with E-state index in [-0.39, 0.29) is 0 Å². The minimum Gasteiger partial charge on any atom is -0.456 e. The smallest absolute Gasteiger partial charge is 0.160 e. The Kier molecular flexibility index (Phi) is 6.96. The minimum absolute atomic E-state index is 0.631. The highest BCUT2D eigenvalue weighted by atomic mass is 32.1. The van der Waals surface area contributed by atoms with Crippen LogP contribution in [0.4, 0.5) is 17.1 Å². The summed E-state index contributed by atoms with van der Waals surface area (Å²) in [5.74, 6) is 0.631. The predicted molar refractivity (Wildman–Crippen MR) is 213 cm³/mol. The van der Waals surface area contributed by atoms with Crippen molar-refractivity contribution in [2.45, 2.75) is 0 Å². The van der Waals surface area contributed by atoms with Crippen molar-refractivity contribution in [3.8, 4) is 33.9 Å². The zero-order valence-electron chi connectivity index (χ0n) is 27.4. The van der Waals surface area contributed by atoms with Crippen molar-refractivity contribution in [2.75, 3.05) is 4.90 Å². The van der Waals surface area contributed by atoms with Crippen LogP contribution in [0.1, 0.15) is 0 Å². The Labute approximate surface area is 298 Å². The first-order valence-corrected chi connectivity index (χ1v) is 17.8. The van der Waals surface area contributed by atoms with E-state index in [9.17, 15) is 0 Å². The molecule has 0 saturated heterocycles. The van der Waals surface area contributed by atoms with Gasteiger partial charge in [0.1, 0.15) is 11.2 Å². The number of para-hydroxylation sites is 2. The Morgan fingerprint density at radius 2 is 1.04 bits per heavy atom. The molecule has 0 spiro atoms. The van der Waals surface area contributed by atoms with Crippen molar-refractivity contribution < 1.29 is 4.42 Å². The van der Waals surface area contributed by atoms with Crippen LogP contribution in [0.5, 0.6) is 0 Å². The van der Waals surface area contributed by atoms with Crippen LogP contribution >= 0.6 is 11.3 Å². The largest absolute Gasteiger partial charge is 0.456 e. The fourth-order valence-electron chi connectivity index (χ4n) is 7.16. The molecule has 7 aromatic carbocycles. The van der Waals surface area contributed by atoms with E-state index in [2.05, 4.69) is 132 Å². The zero-order valence-corrected chi connectivity index (χ0v) is 28.2. The number of thiophene rings is 1. The summed E-state index contributed by atoms with van der Waals surface area (Å²) in [4.78, 5) is 12.8. The van der Waals surface area contributed by atoms with E-state index in [1.165, 1.54) is 20.2 Å². The maximum atomic E-state index is 6.67. The molecule has 10 rings (SSSR count). The first kappa shape index (κ1) is 29.4. The van der Waals surface area contributed by atoms with Gasteiger partial charge in [0.05, 0.1) is 28.1 Å². The lowest BCUT2D eigenvalue weighted by Gasteiger charge is -2.27. The number of hydrogen-bond donors (Lipinski definition) is 0. The molecule has 0 bridgehead atoms. The van der Waals surface area contributed by atoms with E-state index in [0.717, 1.165) is 67.1 Å². The van der Waals surface area contributed by atoms with Crippen LogP contribution in [0, 0.1) is 0 Å². The van der Waals surface area contributed by atoms with Gasteiger partial charge in [0.25, 0.3) is 0 Å². The van der Waals surface area contributed by atoms with Crippen LogP contribution in [0.15, 0.2) is 180 Å². The van der Waals surface area contributed by atoms with Crippen LogP contribution in [0.25, 0.3) is 76.0 Å². The topological polar surface area (TPSA) is 42.2 Å². The average molecular weight is 672 g/mol. The van der Waals surface area contributed by atoms with E-state index in [0.29, 0.717) is 5.82 Å². The third-order valence-corrected chi connectivity index (χ3v) is 10.6. The number of benzene rings is 7. The van der Waals surface area contributed by atoms with Crippen LogP contribution in [-0.4, -0.2) is 9.97 Å². The highest BCUT2D eigenvalue weighted by Crippen LogP contribution is 2.49. The number of rotatable bonds is 6. The molecule has 4 nitrogen and oxygen atoms in total. The summed E-state index contributed by atoms with van der Waals surface area (Å²) in [6, 6.07) is 61.2. The van der Waals surface area contributed by atoms with E-state index in [1.54, 1.807) is 0 Å². The maximum Gasteiger partial charge on any atom is 0.160 e. The molecule has 10 aromatic rings. The summed E-state index contributed by atoms with van der Waals surface area (Å²) in [6.45, 7) is 0. The standard InChI is InChI=1S/C46H29N3OS/c1-4-15-30(16-5-1)36-29-37(31-17-6-2-7-18-31)48-46(47-36)32-27-39(44-34-21-10-12-24-40(34)50-41(44)28-32)49(33-19-8-3-9-20-33)38-23-14-26-43-45(38)35-22-11-13-25-42(35)51-43/h1-29H. The van der Waals surface area contributed by atoms with Crippen LogP contribution in [-0.2, 0) is 0 Å². The molecule has 0 aliphatic rings. The van der Waals surface area contributed by atoms with Crippen molar-refractivity contribution in [3.05, 3.63) is 176 Å². The molecule has 0 radical (unpaired) electrons. The second kappa shape index (κ2) is 12.1. The van der Waals surface area contributed by atoms with Gasteiger partial charge in [-0.05, 0) is 54.6 Å². The molecular formula is C46H29N3OS. The Balaban J connectivity index is 1.30. The van der Waals surface area contributed by atoms with E-state index >= 15 is 0 Å². The van der Waals surface area contributed by atoms with E-state index in [1.807, 2.05) is 59.9 Å². The normalized spacial score (nSPS) is 11.5. The van der Waals surface area contributed by atoms with Gasteiger partial charge in [0.2, 0.25) is 0 Å². The molecule has 240 valence electrons. The Hall–Kier alpha value is -6.56. The molecule has 5 heteroatoms. The molecule has 3 aromatic heterocycles. The maximum absolute atomic E-state index is 6.67. The summed E-state index contributed by atoms with van der Waals surface area (Å²) in [7, 11) is 0. The van der Waals surface area contributed by atoms with E-state index < -0.39 is 0 Å². The van der Waals surface area contributed by atoms with Gasteiger partial charge in [-0.1, -0.05) is 121 Å². The van der Waals surface area contributed by atoms with Gasteiger partial charge in [-0.2, -0.15) is 0 Å². The Bertz CT molecular complexity index is 2800. The molecule has 0 unspecified atom stereocenters. The fourth-order valence-corrected chi connectivity index (χ4v) is 8.28. The molecule has 0 aliphatic carbocycles. The highest BCUT2D eigenvalue weighted by molar-refractivity contribution is 7.26. The molecule has 0 amide bonds. The summed E-state index contributed by atoms with van der Waals surface area (Å²) >= 11 is 1.83. The molecule has 51 heavy (non-hydrogen) atoms. The molecular weight excluding hydrogens is 643 g/mol. The van der Waals surface area contributed by atoms with Crippen molar-refractivity contribution >= 4 is 70.5 Å². The van der Waals surface area contributed by atoms with E-state index in [4.69, 9.17) is 14.4 Å². The number of nitrogens with zero attached hydrogens (tertiary/aromatic N) is 3. The van der Waals surface area contributed by atoms with Gasteiger partial charge >= 0.3 is 0 Å². The van der Waals surface area contributed by atoms with Crippen molar-refractivity contribution in [1.29, 1.82) is 0 Å². The predicted octanol–water partition coefficient (Wildman–Crippen LogP) is 13.2. The minimum atomic E-state index is 0.631. The summed E-state index contributed by atoms with van der Waals surface area (Å²) in [5, 5.41) is 4.56. The molecule has 0 N–H and O–H groups in total. The van der Waals surface area contributed by atoms with Crippen LogP contribution in [0.3, 0.4) is 0 Å². The summed E-state index contributed by atoms with van der Waals surface area (Å²) in [6.07, 6.45) is 0. The lowest BCUT2D eigenvalue weighted by atomic mass is 10.0. The van der Waals surface area contributed by atoms with Crippen molar-refractivity contribution in [3.63, 3.8) is 0 Å². The fraction of sp³-hybridized carbons (Fsp3) is 0. The number of anilines is 3. The number of fused-ring (bicyclic) bond motifs is 6. The van der Waals surface area contributed by atoms with Gasteiger partial charge in [-0.3, -0.25) is 0 Å². The number of furan rings is 1. The van der Waals surface area contributed by atoms with Crippen molar-refractivity contribution in [1.82, 2.24) is 9.97 Å². The summed E-state index contributed by atoms with van der Waals surface area (Å²) < 4.78 is 9.17. The third kappa shape index (κ3) is 5.06. The SMILES string of the molecule is c1ccc(-c2cc(-c3ccccc3)nc(-c3cc(N(c4ccccc4)c4cccc5sc6ccccc6c45)c4c(c3)oc3ccccc34)n2)cc1. The van der Waals surface area contributed by atoms with Crippen molar-refractivity contribution in [2.24, 2.45) is 0 Å². The monoisotopic (exact) mass is 671 g/mol. The lowest BCUT2D eigenvalue weighted by molar-refractivity contribution is 0.669. The number of hydrogen-bond acceptors (Lipinski definition) is 5. The first-order chi connectivity index (χ1) is 25.3. The Morgan fingerprint density at radius 3 is 1.76 bits per heavy atom. The molecule has 0 fully saturated rings. The van der Waals surface area contributed by atoms with Gasteiger partial charge < -0.3 is 9.32 Å². The first-order valence-electron chi connectivity index (χ1n) is 17.0.